The van der Waals surface area contributed by atoms with Crippen LogP contribution in [0.3, 0.4) is 0 Å². The van der Waals surface area contributed by atoms with Gasteiger partial charge in [-0.2, -0.15) is 10.4 Å². The van der Waals surface area contributed by atoms with Crippen molar-refractivity contribution in [2.75, 3.05) is 0 Å². The number of rotatable bonds is 1. The Bertz CT molecular complexity index is 398. The first-order valence-electron chi connectivity index (χ1n) is 4.48. The Labute approximate surface area is 75.7 Å². The van der Waals surface area contributed by atoms with Crippen LogP contribution in [0.15, 0.2) is 0 Å². The van der Waals surface area contributed by atoms with Crippen LogP contribution in [0.2, 0.25) is 0 Å². The van der Waals surface area contributed by atoms with Gasteiger partial charge in [0.25, 0.3) is 0 Å². The highest BCUT2D eigenvalue weighted by Crippen LogP contribution is 2.38. The van der Waals surface area contributed by atoms with E-state index in [1.807, 2.05) is 4.68 Å². The van der Waals surface area contributed by atoms with Crippen LogP contribution in [-0.4, -0.2) is 9.78 Å². The van der Waals surface area contributed by atoms with Gasteiger partial charge in [0.2, 0.25) is 0 Å². The van der Waals surface area contributed by atoms with Crippen molar-refractivity contribution >= 4 is 0 Å². The maximum absolute atomic E-state index is 8.84. The van der Waals surface area contributed by atoms with E-state index in [2.05, 4.69) is 11.2 Å². The Morgan fingerprint density at radius 1 is 1.46 bits per heavy atom. The molecule has 4 nitrogen and oxygen atoms in total. The van der Waals surface area contributed by atoms with Crippen LogP contribution in [0.1, 0.15) is 35.8 Å². The van der Waals surface area contributed by atoms with E-state index in [9.17, 15) is 0 Å². The lowest BCUT2D eigenvalue weighted by Gasteiger charge is -2.00. The zero-order valence-electron chi connectivity index (χ0n) is 7.16. The molecule has 3 rings (SSSR count). The molecule has 13 heavy (non-hydrogen) atoms. The van der Waals surface area contributed by atoms with Crippen LogP contribution in [-0.2, 0) is 18.0 Å². The molecule has 0 atom stereocenters. The van der Waals surface area contributed by atoms with Crippen molar-refractivity contribution in [1.82, 2.24) is 9.78 Å². The summed E-state index contributed by atoms with van der Waals surface area (Å²) in [5.41, 5.74) is 2.69. The summed E-state index contributed by atoms with van der Waals surface area (Å²) in [6.07, 6.45) is 2.39. The van der Waals surface area contributed by atoms with E-state index in [0.717, 1.165) is 11.3 Å². The molecule has 1 aromatic heterocycles. The van der Waals surface area contributed by atoms with Gasteiger partial charge in [0, 0.05) is 5.56 Å². The Morgan fingerprint density at radius 2 is 2.31 bits per heavy atom. The number of ether oxygens (including phenoxy) is 1. The Morgan fingerprint density at radius 3 is 3.00 bits per heavy atom. The van der Waals surface area contributed by atoms with Crippen LogP contribution >= 0.6 is 0 Å². The monoisotopic (exact) mass is 175 g/mol. The van der Waals surface area contributed by atoms with Gasteiger partial charge in [0.1, 0.15) is 6.07 Å². The van der Waals surface area contributed by atoms with Crippen LogP contribution < -0.4 is 0 Å². The molecule has 0 unspecified atom stereocenters. The molecule has 4 heteroatoms. The minimum atomic E-state index is 0.539. The number of nitriles is 1. The first-order valence-corrected chi connectivity index (χ1v) is 4.48. The maximum Gasteiger partial charge on any atom is 0.168 e. The normalized spacial score (nSPS) is 19.9. The fraction of sp³-hybridized carbons (Fsp3) is 0.556. The summed E-state index contributed by atoms with van der Waals surface area (Å²) in [5, 5.41) is 13.1. The average molecular weight is 175 g/mol. The van der Waals surface area contributed by atoms with Gasteiger partial charge in [-0.05, 0) is 12.8 Å². The van der Waals surface area contributed by atoms with E-state index >= 15 is 0 Å². The number of aromatic nitrogens is 2. The molecule has 0 amide bonds. The Hall–Kier alpha value is -1.34. The minimum absolute atomic E-state index is 0.539. The summed E-state index contributed by atoms with van der Waals surface area (Å²) in [5.74, 6) is 0. The second-order valence-corrected chi connectivity index (χ2v) is 3.55. The fourth-order valence-corrected chi connectivity index (χ4v) is 1.77. The fourth-order valence-electron chi connectivity index (χ4n) is 1.77. The van der Waals surface area contributed by atoms with Gasteiger partial charge >= 0.3 is 0 Å². The van der Waals surface area contributed by atoms with Crippen LogP contribution in [0.25, 0.3) is 0 Å². The molecule has 0 bridgehead atoms. The molecule has 2 aliphatic rings. The van der Waals surface area contributed by atoms with Crippen LogP contribution in [0, 0.1) is 11.3 Å². The van der Waals surface area contributed by atoms with Gasteiger partial charge in [-0.15, -0.1) is 0 Å². The van der Waals surface area contributed by atoms with E-state index in [1.54, 1.807) is 0 Å². The van der Waals surface area contributed by atoms with Gasteiger partial charge in [0.05, 0.1) is 24.9 Å². The van der Waals surface area contributed by atoms with Crippen molar-refractivity contribution in [1.29, 1.82) is 5.26 Å². The van der Waals surface area contributed by atoms with Crippen LogP contribution in [0.4, 0.5) is 0 Å². The zero-order chi connectivity index (χ0) is 8.84. The third-order valence-corrected chi connectivity index (χ3v) is 2.60. The van der Waals surface area contributed by atoms with Gasteiger partial charge < -0.3 is 4.74 Å². The highest BCUT2D eigenvalue weighted by molar-refractivity contribution is 5.36. The zero-order valence-corrected chi connectivity index (χ0v) is 7.16. The average Bonchev–Trinajstić information content (AvgIpc) is 2.77. The van der Waals surface area contributed by atoms with Gasteiger partial charge in [0.15, 0.2) is 5.69 Å². The van der Waals surface area contributed by atoms with Crippen molar-refractivity contribution in [3.63, 3.8) is 0 Å². The molecular weight excluding hydrogens is 166 g/mol. The molecule has 0 spiro atoms. The first-order chi connectivity index (χ1) is 6.40. The second kappa shape index (κ2) is 2.33. The number of nitrogens with zero attached hydrogens (tertiary/aromatic N) is 3. The van der Waals surface area contributed by atoms with Crippen molar-refractivity contribution in [3.05, 3.63) is 17.0 Å². The lowest BCUT2D eigenvalue weighted by Crippen LogP contribution is -2.01. The molecule has 0 saturated heterocycles. The third kappa shape index (κ3) is 0.909. The van der Waals surface area contributed by atoms with Gasteiger partial charge in [-0.1, -0.05) is 0 Å². The van der Waals surface area contributed by atoms with Gasteiger partial charge in [-0.25, -0.2) is 0 Å². The van der Waals surface area contributed by atoms with Crippen LogP contribution in [0.5, 0.6) is 0 Å². The van der Waals surface area contributed by atoms with E-state index in [-0.39, 0.29) is 0 Å². The van der Waals surface area contributed by atoms with Crippen molar-refractivity contribution in [2.24, 2.45) is 0 Å². The molecule has 66 valence electrons. The quantitative estimate of drug-likeness (QED) is 0.642. The summed E-state index contributed by atoms with van der Waals surface area (Å²) in [6.45, 7) is 1.19. The number of hydrogen-bond donors (Lipinski definition) is 0. The topological polar surface area (TPSA) is 50.8 Å². The molecule has 1 aliphatic heterocycles. The van der Waals surface area contributed by atoms with E-state index < -0.39 is 0 Å². The summed E-state index contributed by atoms with van der Waals surface area (Å²) in [6, 6.07) is 2.66. The smallest absolute Gasteiger partial charge is 0.168 e. The Balaban J connectivity index is 2.16. The highest BCUT2D eigenvalue weighted by Gasteiger charge is 2.32. The molecule has 1 aromatic rings. The lowest BCUT2D eigenvalue weighted by atomic mass is 10.2. The predicted molar refractivity (Wildman–Crippen MR) is 43.7 cm³/mol. The SMILES string of the molecule is N#Cc1nn(C2CC2)c2c1COC2. The standard InChI is InChI=1S/C9H9N3O/c10-3-8-7-4-13-5-9(7)12(11-8)6-1-2-6/h6H,1-2,4-5H2. The molecule has 1 saturated carbocycles. The van der Waals surface area contributed by atoms with E-state index in [1.165, 1.54) is 12.8 Å². The van der Waals surface area contributed by atoms with Crippen molar-refractivity contribution in [3.8, 4) is 6.07 Å². The number of hydrogen-bond acceptors (Lipinski definition) is 3. The predicted octanol–water partition coefficient (Wildman–Crippen LogP) is 1.12. The summed E-state index contributed by atoms with van der Waals surface area (Å²) in [4.78, 5) is 0. The maximum atomic E-state index is 8.84. The number of fused-ring (bicyclic) bond motifs is 1. The van der Waals surface area contributed by atoms with Gasteiger partial charge in [-0.3, -0.25) is 4.68 Å². The molecule has 1 aliphatic carbocycles. The molecule has 0 N–H and O–H groups in total. The van der Waals surface area contributed by atoms with E-state index in [4.69, 9.17) is 10.00 Å². The summed E-state index contributed by atoms with van der Waals surface area (Å²) >= 11 is 0. The molecular formula is C9H9N3O. The highest BCUT2D eigenvalue weighted by atomic mass is 16.5. The minimum Gasteiger partial charge on any atom is -0.370 e. The third-order valence-electron chi connectivity index (χ3n) is 2.60. The molecule has 2 heterocycles. The Kier molecular flexibility index (Phi) is 1.27. The first kappa shape index (κ1) is 7.10. The lowest BCUT2D eigenvalue weighted by molar-refractivity contribution is 0.129. The van der Waals surface area contributed by atoms with Crippen molar-refractivity contribution in [2.45, 2.75) is 32.1 Å². The van der Waals surface area contributed by atoms with Crippen molar-refractivity contribution < 1.29 is 4.74 Å². The summed E-state index contributed by atoms with van der Waals surface area (Å²) in [7, 11) is 0. The molecule has 0 aromatic carbocycles. The second-order valence-electron chi connectivity index (χ2n) is 3.55. The summed E-state index contributed by atoms with van der Waals surface area (Å²) < 4.78 is 7.29. The molecule has 0 radical (unpaired) electrons. The largest absolute Gasteiger partial charge is 0.370 e. The molecule has 1 fully saturated rings. The van der Waals surface area contributed by atoms with E-state index in [0.29, 0.717) is 24.9 Å².